The van der Waals surface area contributed by atoms with Crippen LogP contribution in [0.5, 0.6) is 0 Å². The zero-order valence-corrected chi connectivity index (χ0v) is 13.3. The van der Waals surface area contributed by atoms with Crippen LogP contribution in [0.2, 0.25) is 0 Å². The molecule has 0 radical (unpaired) electrons. The maximum absolute atomic E-state index is 12.3. The van der Waals surface area contributed by atoms with Crippen molar-refractivity contribution in [3.05, 3.63) is 35.9 Å². The first kappa shape index (κ1) is 16.3. The monoisotopic (exact) mass is 308 g/mol. The highest BCUT2D eigenvalue weighted by Crippen LogP contribution is 2.13. The first-order chi connectivity index (χ1) is 10.2. The number of nitrogens with zero attached hydrogens (tertiary/aromatic N) is 1. The Morgan fingerprint density at radius 2 is 2.24 bits per heavy atom. The Balaban J connectivity index is 1.86. The highest BCUT2D eigenvalue weighted by atomic mass is 32.2. The minimum Gasteiger partial charge on any atom is -0.374 e. The molecule has 1 aromatic rings. The smallest absolute Gasteiger partial charge is 0.239 e. The summed E-state index contributed by atoms with van der Waals surface area (Å²) in [5.41, 5.74) is 7.23. The molecule has 5 heteroatoms. The molecule has 2 N–H and O–H groups in total. The molecule has 1 aliphatic heterocycles. The van der Waals surface area contributed by atoms with Crippen LogP contribution in [0.1, 0.15) is 12.0 Å². The van der Waals surface area contributed by atoms with E-state index in [4.69, 9.17) is 10.5 Å². The van der Waals surface area contributed by atoms with Crippen LogP contribution in [0, 0.1) is 0 Å². The number of nitrogens with two attached hydrogens (primary N) is 1. The van der Waals surface area contributed by atoms with Crippen molar-refractivity contribution in [1.82, 2.24) is 4.90 Å². The van der Waals surface area contributed by atoms with Crippen LogP contribution < -0.4 is 5.73 Å². The first-order valence-corrected chi connectivity index (χ1v) is 8.79. The van der Waals surface area contributed by atoms with Crippen LogP contribution in [-0.4, -0.2) is 54.7 Å². The van der Waals surface area contributed by atoms with Gasteiger partial charge < -0.3 is 15.4 Å². The summed E-state index contributed by atoms with van der Waals surface area (Å²) in [5.74, 6) is 0.982. The van der Waals surface area contributed by atoms with Gasteiger partial charge in [-0.25, -0.2) is 0 Å². The van der Waals surface area contributed by atoms with Crippen LogP contribution in [0.15, 0.2) is 30.3 Å². The lowest BCUT2D eigenvalue weighted by Gasteiger charge is -2.34. The minimum atomic E-state index is -0.382. The molecular weight excluding hydrogens is 284 g/mol. The van der Waals surface area contributed by atoms with E-state index in [0.29, 0.717) is 19.7 Å². The van der Waals surface area contributed by atoms with Crippen LogP contribution >= 0.6 is 11.8 Å². The summed E-state index contributed by atoms with van der Waals surface area (Å²) in [4.78, 5) is 14.2. The predicted octanol–water partition coefficient (Wildman–Crippen LogP) is 1.54. The molecule has 0 aliphatic carbocycles. The van der Waals surface area contributed by atoms with E-state index in [0.717, 1.165) is 18.6 Å². The average molecular weight is 308 g/mol. The molecule has 2 rings (SSSR count). The van der Waals surface area contributed by atoms with Crippen molar-refractivity contribution in [3.8, 4) is 0 Å². The zero-order chi connectivity index (χ0) is 15.1. The SMILES string of the molecule is CSCC[C@H](N)C(=O)N1CCOC(Cc2ccccc2)C1. The number of carbonyl (C=O) groups is 1. The van der Waals surface area contributed by atoms with Gasteiger partial charge in [0.15, 0.2) is 0 Å². The molecule has 2 atom stereocenters. The number of ether oxygens (including phenoxy) is 1. The largest absolute Gasteiger partial charge is 0.374 e. The van der Waals surface area contributed by atoms with E-state index in [1.54, 1.807) is 11.8 Å². The van der Waals surface area contributed by atoms with Gasteiger partial charge in [-0.2, -0.15) is 11.8 Å². The second-order valence-corrected chi connectivity index (χ2v) is 6.34. The molecule has 1 unspecified atom stereocenters. The van der Waals surface area contributed by atoms with Crippen molar-refractivity contribution in [3.63, 3.8) is 0 Å². The summed E-state index contributed by atoms with van der Waals surface area (Å²) < 4.78 is 5.78. The fourth-order valence-electron chi connectivity index (χ4n) is 2.52. The van der Waals surface area contributed by atoms with Crippen molar-refractivity contribution in [1.29, 1.82) is 0 Å². The summed E-state index contributed by atoms with van der Waals surface area (Å²) in [6.45, 7) is 1.89. The van der Waals surface area contributed by atoms with Gasteiger partial charge in [0.05, 0.1) is 18.8 Å². The van der Waals surface area contributed by atoms with Gasteiger partial charge in [-0.15, -0.1) is 0 Å². The van der Waals surface area contributed by atoms with E-state index in [-0.39, 0.29) is 18.1 Å². The van der Waals surface area contributed by atoms with Crippen molar-refractivity contribution >= 4 is 17.7 Å². The number of thioether (sulfide) groups is 1. The highest BCUT2D eigenvalue weighted by Gasteiger charge is 2.27. The van der Waals surface area contributed by atoms with Gasteiger partial charge in [0.2, 0.25) is 5.91 Å². The van der Waals surface area contributed by atoms with Gasteiger partial charge in [0, 0.05) is 19.5 Å². The van der Waals surface area contributed by atoms with E-state index < -0.39 is 0 Å². The molecule has 1 aliphatic rings. The van der Waals surface area contributed by atoms with Gasteiger partial charge in [-0.3, -0.25) is 4.79 Å². The van der Waals surface area contributed by atoms with Gasteiger partial charge in [0.25, 0.3) is 0 Å². The second-order valence-electron chi connectivity index (χ2n) is 5.35. The standard InChI is InChI=1S/C16H24N2O2S/c1-21-10-7-15(17)16(19)18-8-9-20-14(12-18)11-13-5-3-2-4-6-13/h2-6,14-15H,7-12,17H2,1H3/t14?,15-/m0/s1. The Hall–Kier alpha value is -1.04. The molecule has 0 spiro atoms. The zero-order valence-electron chi connectivity index (χ0n) is 12.5. The molecule has 1 aromatic carbocycles. The van der Waals surface area contributed by atoms with Crippen molar-refractivity contribution in [2.45, 2.75) is 25.0 Å². The molecule has 0 aromatic heterocycles. The molecule has 0 saturated carbocycles. The molecule has 116 valence electrons. The van der Waals surface area contributed by atoms with Crippen LogP contribution in [0.4, 0.5) is 0 Å². The van der Waals surface area contributed by atoms with E-state index in [9.17, 15) is 4.79 Å². The Labute approximate surface area is 131 Å². The summed E-state index contributed by atoms with van der Waals surface area (Å²) in [7, 11) is 0. The lowest BCUT2D eigenvalue weighted by Crippen LogP contribution is -2.52. The minimum absolute atomic E-state index is 0.0606. The van der Waals surface area contributed by atoms with E-state index in [2.05, 4.69) is 12.1 Å². The molecule has 1 saturated heterocycles. The topological polar surface area (TPSA) is 55.6 Å². The number of carbonyl (C=O) groups excluding carboxylic acids is 1. The normalized spacial score (nSPS) is 20.3. The maximum atomic E-state index is 12.3. The fraction of sp³-hybridized carbons (Fsp3) is 0.562. The Kier molecular flexibility index (Phi) is 6.54. The van der Waals surface area contributed by atoms with Gasteiger partial charge >= 0.3 is 0 Å². The average Bonchev–Trinajstić information content (AvgIpc) is 2.53. The van der Waals surface area contributed by atoms with Crippen LogP contribution in [0.3, 0.4) is 0 Å². The summed E-state index contributed by atoms with van der Waals surface area (Å²) in [5, 5.41) is 0. The second kappa shape index (κ2) is 8.41. The lowest BCUT2D eigenvalue weighted by atomic mass is 10.1. The quantitative estimate of drug-likeness (QED) is 0.866. The molecule has 1 heterocycles. The van der Waals surface area contributed by atoms with Crippen molar-refractivity contribution in [2.75, 3.05) is 31.7 Å². The number of rotatable bonds is 6. The Morgan fingerprint density at radius 1 is 1.48 bits per heavy atom. The van der Waals surface area contributed by atoms with Crippen LogP contribution in [0.25, 0.3) is 0 Å². The molecule has 1 fully saturated rings. The predicted molar refractivity (Wildman–Crippen MR) is 87.4 cm³/mol. The molecule has 21 heavy (non-hydrogen) atoms. The van der Waals surface area contributed by atoms with Gasteiger partial charge in [0.1, 0.15) is 0 Å². The van der Waals surface area contributed by atoms with E-state index >= 15 is 0 Å². The van der Waals surface area contributed by atoms with E-state index in [1.807, 2.05) is 29.4 Å². The third-order valence-corrected chi connectivity index (χ3v) is 4.35. The number of hydrogen-bond acceptors (Lipinski definition) is 4. The van der Waals surface area contributed by atoms with E-state index in [1.165, 1.54) is 5.56 Å². The van der Waals surface area contributed by atoms with Crippen molar-refractivity contribution < 1.29 is 9.53 Å². The van der Waals surface area contributed by atoms with Crippen molar-refractivity contribution in [2.24, 2.45) is 5.73 Å². The lowest BCUT2D eigenvalue weighted by molar-refractivity contribution is -0.140. The molecule has 4 nitrogen and oxygen atoms in total. The van der Waals surface area contributed by atoms with Gasteiger partial charge in [-0.05, 0) is 24.0 Å². The summed E-state index contributed by atoms with van der Waals surface area (Å²) in [6.07, 6.45) is 3.67. The van der Waals surface area contributed by atoms with Crippen LogP contribution in [-0.2, 0) is 16.0 Å². The number of morpholine rings is 1. The number of amides is 1. The van der Waals surface area contributed by atoms with Gasteiger partial charge in [-0.1, -0.05) is 30.3 Å². The first-order valence-electron chi connectivity index (χ1n) is 7.39. The fourth-order valence-corrected chi connectivity index (χ4v) is 3.01. The Bertz CT molecular complexity index is 441. The maximum Gasteiger partial charge on any atom is 0.239 e. The summed E-state index contributed by atoms with van der Waals surface area (Å²) in [6, 6.07) is 9.86. The Morgan fingerprint density at radius 3 is 2.95 bits per heavy atom. The number of benzene rings is 1. The number of hydrogen-bond donors (Lipinski definition) is 1. The summed E-state index contributed by atoms with van der Waals surface area (Å²) >= 11 is 1.72. The highest BCUT2D eigenvalue weighted by molar-refractivity contribution is 7.98. The third kappa shape index (κ3) is 5.02. The molecule has 0 bridgehead atoms. The molecular formula is C16H24N2O2S. The third-order valence-electron chi connectivity index (χ3n) is 3.71. The molecule has 1 amide bonds.